The normalized spacial score (nSPS) is 21.0. The van der Waals surface area contributed by atoms with E-state index < -0.39 is 0 Å². The molecule has 1 saturated heterocycles. The first-order chi connectivity index (χ1) is 12.8. The Balaban J connectivity index is 1.34. The van der Waals surface area contributed by atoms with E-state index in [1.54, 1.807) is 0 Å². The van der Waals surface area contributed by atoms with E-state index in [2.05, 4.69) is 19.9 Å². The summed E-state index contributed by atoms with van der Waals surface area (Å²) in [6.45, 7) is 5.27. The third-order valence-corrected chi connectivity index (χ3v) is 5.86. The molecule has 0 unspecified atom stereocenters. The molecule has 1 aliphatic heterocycles. The molecule has 1 aromatic carbocycles. The number of aromatic nitrogens is 2. The smallest absolute Gasteiger partial charge is 0.241 e. The molecule has 2 heterocycles. The van der Waals surface area contributed by atoms with Crippen LogP contribution in [0.5, 0.6) is 0 Å². The third kappa shape index (κ3) is 4.45. The minimum Gasteiger partial charge on any atom is -0.338 e. The number of hydrogen-bond donors (Lipinski definition) is 0. The summed E-state index contributed by atoms with van der Waals surface area (Å²) in [6, 6.07) is 8.38. The summed E-state index contributed by atoms with van der Waals surface area (Å²) in [5.41, 5.74) is 0.895. The zero-order valence-corrected chi connectivity index (χ0v) is 16.0. The summed E-state index contributed by atoms with van der Waals surface area (Å²) in [5.74, 6) is 1.30. The Morgan fingerprint density at radius 3 is 2.77 bits per heavy atom. The molecule has 0 radical (unpaired) electrons. The maximum Gasteiger partial charge on any atom is 0.241 e. The van der Waals surface area contributed by atoms with Gasteiger partial charge in [-0.1, -0.05) is 48.2 Å². The fraction of sp³-hybridized carbons (Fsp3) is 0.600. The Hall–Kier alpha value is -1.43. The van der Waals surface area contributed by atoms with Crippen molar-refractivity contribution in [1.29, 1.82) is 0 Å². The highest BCUT2D eigenvalue weighted by Gasteiger charge is 2.24. The quantitative estimate of drug-likeness (QED) is 0.801. The molecular formula is C20H27ClN4O. The summed E-state index contributed by atoms with van der Waals surface area (Å²) >= 11 is 6.05. The fourth-order valence-corrected chi connectivity index (χ4v) is 4.41. The molecule has 0 bridgehead atoms. The molecule has 0 amide bonds. The van der Waals surface area contributed by atoms with Gasteiger partial charge in [-0.15, -0.1) is 0 Å². The molecule has 2 fully saturated rings. The van der Waals surface area contributed by atoms with Crippen LogP contribution in [0, 0.1) is 0 Å². The monoisotopic (exact) mass is 374 g/mol. The van der Waals surface area contributed by atoms with Gasteiger partial charge in [-0.3, -0.25) is 9.80 Å². The highest BCUT2D eigenvalue weighted by molar-refractivity contribution is 6.30. The average Bonchev–Trinajstić information content (AvgIpc) is 3.01. The molecule has 140 valence electrons. The van der Waals surface area contributed by atoms with Crippen molar-refractivity contribution in [3.63, 3.8) is 0 Å². The minimum absolute atomic E-state index is 0.612. The lowest BCUT2D eigenvalue weighted by molar-refractivity contribution is 0.156. The molecule has 4 rings (SSSR count). The first kappa shape index (κ1) is 18.0. The maximum atomic E-state index is 6.05. The molecule has 0 N–H and O–H groups in total. The van der Waals surface area contributed by atoms with E-state index in [1.807, 2.05) is 24.3 Å². The van der Waals surface area contributed by atoms with Crippen LogP contribution < -0.4 is 0 Å². The van der Waals surface area contributed by atoms with E-state index in [0.717, 1.165) is 37.8 Å². The van der Waals surface area contributed by atoms with Crippen molar-refractivity contribution in [1.82, 2.24) is 19.9 Å². The SMILES string of the molecule is Clc1cccc(-c2noc(CN3CCCN(C4CCCCC4)CC3)n2)c1. The Kier molecular flexibility index (Phi) is 5.88. The number of nitrogens with zero attached hydrogens (tertiary/aromatic N) is 4. The molecule has 5 nitrogen and oxygen atoms in total. The van der Waals surface area contributed by atoms with Gasteiger partial charge in [0.2, 0.25) is 11.7 Å². The predicted molar refractivity (Wildman–Crippen MR) is 103 cm³/mol. The molecule has 1 aromatic heterocycles. The van der Waals surface area contributed by atoms with Gasteiger partial charge in [0.15, 0.2) is 0 Å². The van der Waals surface area contributed by atoms with Gasteiger partial charge in [-0.05, 0) is 44.5 Å². The van der Waals surface area contributed by atoms with Crippen molar-refractivity contribution in [3.05, 3.63) is 35.2 Å². The summed E-state index contributed by atoms with van der Waals surface area (Å²) in [7, 11) is 0. The average molecular weight is 375 g/mol. The van der Waals surface area contributed by atoms with Gasteiger partial charge < -0.3 is 4.52 Å². The van der Waals surface area contributed by atoms with Crippen LogP contribution in [0.3, 0.4) is 0 Å². The zero-order chi connectivity index (χ0) is 17.8. The molecule has 26 heavy (non-hydrogen) atoms. The number of benzene rings is 1. The van der Waals surface area contributed by atoms with E-state index in [1.165, 1.54) is 45.1 Å². The Morgan fingerprint density at radius 1 is 1.04 bits per heavy atom. The van der Waals surface area contributed by atoms with E-state index in [0.29, 0.717) is 16.7 Å². The molecule has 0 spiro atoms. The van der Waals surface area contributed by atoms with Crippen LogP contribution in [0.1, 0.15) is 44.4 Å². The number of hydrogen-bond acceptors (Lipinski definition) is 5. The molecule has 0 atom stereocenters. The summed E-state index contributed by atoms with van der Waals surface area (Å²) in [6.07, 6.45) is 8.20. The lowest BCUT2D eigenvalue weighted by atomic mass is 9.94. The second kappa shape index (κ2) is 8.51. The van der Waals surface area contributed by atoms with Crippen molar-refractivity contribution in [2.75, 3.05) is 26.2 Å². The standard InChI is InChI=1S/C20H27ClN4O/c21-17-7-4-6-16(14-17)20-22-19(26-23-20)15-24-10-5-11-25(13-12-24)18-8-2-1-3-9-18/h4,6-7,14,18H,1-3,5,8-13,15H2. The molecule has 6 heteroatoms. The van der Waals surface area contributed by atoms with Crippen molar-refractivity contribution < 1.29 is 4.52 Å². The van der Waals surface area contributed by atoms with E-state index >= 15 is 0 Å². The van der Waals surface area contributed by atoms with Gasteiger partial charge in [0.1, 0.15) is 0 Å². The topological polar surface area (TPSA) is 45.4 Å². The van der Waals surface area contributed by atoms with Gasteiger partial charge in [0, 0.05) is 29.7 Å². The van der Waals surface area contributed by atoms with Gasteiger partial charge in [0.05, 0.1) is 6.54 Å². The predicted octanol–water partition coefficient (Wildman–Crippen LogP) is 4.23. The third-order valence-electron chi connectivity index (χ3n) is 5.62. The largest absolute Gasteiger partial charge is 0.338 e. The first-order valence-electron chi connectivity index (χ1n) is 9.83. The molecule has 2 aromatic rings. The van der Waals surface area contributed by atoms with Crippen LogP contribution in [0.15, 0.2) is 28.8 Å². The summed E-state index contributed by atoms with van der Waals surface area (Å²) in [5, 5.41) is 4.81. The molecular weight excluding hydrogens is 348 g/mol. The second-order valence-corrected chi connectivity index (χ2v) is 7.92. The van der Waals surface area contributed by atoms with Gasteiger partial charge in [-0.25, -0.2) is 0 Å². The van der Waals surface area contributed by atoms with Crippen molar-refractivity contribution in [3.8, 4) is 11.4 Å². The fourth-order valence-electron chi connectivity index (χ4n) is 4.22. The summed E-state index contributed by atoms with van der Waals surface area (Å²) in [4.78, 5) is 9.72. The van der Waals surface area contributed by atoms with Crippen LogP contribution in [-0.4, -0.2) is 52.2 Å². The number of halogens is 1. The van der Waals surface area contributed by atoms with E-state index in [4.69, 9.17) is 16.1 Å². The Morgan fingerprint density at radius 2 is 1.92 bits per heavy atom. The van der Waals surface area contributed by atoms with Gasteiger partial charge in [0.25, 0.3) is 0 Å². The van der Waals surface area contributed by atoms with Gasteiger partial charge >= 0.3 is 0 Å². The molecule has 1 aliphatic carbocycles. The molecule has 2 aliphatic rings. The maximum absolute atomic E-state index is 6.05. The second-order valence-electron chi connectivity index (χ2n) is 7.48. The molecule has 1 saturated carbocycles. The highest BCUT2D eigenvalue weighted by Crippen LogP contribution is 2.24. The lowest BCUT2D eigenvalue weighted by Crippen LogP contribution is -2.39. The van der Waals surface area contributed by atoms with Crippen LogP contribution in [0.2, 0.25) is 5.02 Å². The van der Waals surface area contributed by atoms with Crippen LogP contribution >= 0.6 is 11.6 Å². The summed E-state index contributed by atoms with van der Waals surface area (Å²) < 4.78 is 5.49. The van der Waals surface area contributed by atoms with Crippen molar-refractivity contribution in [2.45, 2.75) is 51.1 Å². The van der Waals surface area contributed by atoms with E-state index in [-0.39, 0.29) is 0 Å². The van der Waals surface area contributed by atoms with Crippen molar-refractivity contribution in [2.24, 2.45) is 0 Å². The number of rotatable bonds is 4. The minimum atomic E-state index is 0.612. The van der Waals surface area contributed by atoms with E-state index in [9.17, 15) is 0 Å². The van der Waals surface area contributed by atoms with Crippen LogP contribution in [-0.2, 0) is 6.54 Å². The zero-order valence-electron chi connectivity index (χ0n) is 15.2. The van der Waals surface area contributed by atoms with Crippen LogP contribution in [0.25, 0.3) is 11.4 Å². The Labute approximate surface area is 160 Å². The Bertz CT molecular complexity index is 713. The van der Waals surface area contributed by atoms with Crippen molar-refractivity contribution >= 4 is 11.6 Å². The highest BCUT2D eigenvalue weighted by atomic mass is 35.5. The first-order valence-corrected chi connectivity index (χ1v) is 10.2. The lowest BCUT2D eigenvalue weighted by Gasteiger charge is -2.33. The van der Waals surface area contributed by atoms with Gasteiger partial charge in [-0.2, -0.15) is 4.98 Å². The van der Waals surface area contributed by atoms with Crippen LogP contribution in [0.4, 0.5) is 0 Å².